The van der Waals surface area contributed by atoms with Crippen molar-refractivity contribution in [3.8, 4) is 0 Å². The molecule has 1 aromatic heterocycles. The summed E-state index contributed by atoms with van der Waals surface area (Å²) in [5.41, 5.74) is 7.70. The van der Waals surface area contributed by atoms with Crippen LogP contribution in [-0.4, -0.2) is 18.1 Å². The predicted octanol–water partition coefficient (Wildman–Crippen LogP) is 2.60. The molecule has 1 unspecified atom stereocenters. The number of pyridine rings is 1. The molecule has 0 spiro atoms. The molecule has 1 fully saturated rings. The molecule has 16 heavy (non-hydrogen) atoms. The molecule has 1 aromatic rings. The molecule has 0 amide bonds. The van der Waals surface area contributed by atoms with Crippen LogP contribution in [0.4, 0.5) is 11.5 Å². The van der Waals surface area contributed by atoms with Crippen LogP contribution in [-0.2, 0) is 0 Å². The van der Waals surface area contributed by atoms with E-state index in [0.717, 1.165) is 36.1 Å². The molecule has 1 aliphatic heterocycles. The third kappa shape index (κ3) is 2.46. The van der Waals surface area contributed by atoms with Gasteiger partial charge < -0.3 is 10.6 Å². The summed E-state index contributed by atoms with van der Waals surface area (Å²) in [6, 6.07) is 2.10. The molecule has 2 heterocycles. The molecule has 1 atom stereocenters. The summed E-state index contributed by atoms with van der Waals surface area (Å²) in [5.74, 6) is 1.93. The molecule has 0 aromatic carbocycles. The highest BCUT2D eigenvalue weighted by Gasteiger charge is 2.15. The molecule has 3 nitrogen and oxygen atoms in total. The van der Waals surface area contributed by atoms with E-state index < -0.39 is 0 Å². The number of rotatable bonds is 1. The first kappa shape index (κ1) is 11.2. The first-order valence-electron chi connectivity index (χ1n) is 6.14. The van der Waals surface area contributed by atoms with Gasteiger partial charge in [-0.2, -0.15) is 0 Å². The molecule has 0 saturated carbocycles. The van der Waals surface area contributed by atoms with E-state index in [1.807, 2.05) is 6.92 Å². The van der Waals surface area contributed by atoms with Crippen molar-refractivity contribution in [1.29, 1.82) is 0 Å². The Bertz CT molecular complexity index is 362. The van der Waals surface area contributed by atoms with E-state index in [2.05, 4.69) is 22.9 Å². The van der Waals surface area contributed by atoms with Crippen LogP contribution in [0.15, 0.2) is 12.3 Å². The number of nitrogens with zero attached hydrogens (tertiary/aromatic N) is 2. The maximum absolute atomic E-state index is 5.79. The number of nitrogens with two attached hydrogens (primary N) is 1. The zero-order valence-corrected chi connectivity index (χ0v) is 10.2. The third-order valence-corrected chi connectivity index (χ3v) is 3.48. The summed E-state index contributed by atoms with van der Waals surface area (Å²) in [6.07, 6.45) is 5.65. The Morgan fingerprint density at radius 2 is 2.19 bits per heavy atom. The number of aromatic nitrogens is 1. The molecular formula is C13H21N3. The molecule has 1 saturated heterocycles. The van der Waals surface area contributed by atoms with Crippen molar-refractivity contribution in [2.75, 3.05) is 23.7 Å². The zero-order chi connectivity index (χ0) is 11.5. The Labute approximate surface area is 97.7 Å². The van der Waals surface area contributed by atoms with Gasteiger partial charge in [-0.25, -0.2) is 4.98 Å². The number of nitrogen functional groups attached to an aromatic ring is 1. The van der Waals surface area contributed by atoms with Gasteiger partial charge >= 0.3 is 0 Å². The summed E-state index contributed by atoms with van der Waals surface area (Å²) in [6.45, 7) is 6.63. The van der Waals surface area contributed by atoms with Gasteiger partial charge in [0, 0.05) is 13.1 Å². The van der Waals surface area contributed by atoms with Crippen LogP contribution in [0.2, 0.25) is 0 Å². The maximum atomic E-state index is 5.79. The highest BCUT2D eigenvalue weighted by Crippen LogP contribution is 2.22. The lowest BCUT2D eigenvalue weighted by Crippen LogP contribution is -2.25. The minimum absolute atomic E-state index is 0.784. The van der Waals surface area contributed by atoms with E-state index in [-0.39, 0.29) is 0 Å². The molecule has 2 N–H and O–H groups in total. The van der Waals surface area contributed by atoms with Gasteiger partial charge in [0.1, 0.15) is 5.82 Å². The van der Waals surface area contributed by atoms with Gasteiger partial charge in [-0.15, -0.1) is 0 Å². The Hall–Kier alpha value is -1.25. The lowest BCUT2D eigenvalue weighted by Gasteiger charge is -2.22. The van der Waals surface area contributed by atoms with Crippen molar-refractivity contribution in [2.24, 2.45) is 5.92 Å². The fourth-order valence-corrected chi connectivity index (χ4v) is 2.22. The van der Waals surface area contributed by atoms with Crippen molar-refractivity contribution in [3.05, 3.63) is 17.8 Å². The van der Waals surface area contributed by atoms with Crippen molar-refractivity contribution in [1.82, 2.24) is 4.98 Å². The Morgan fingerprint density at radius 1 is 1.38 bits per heavy atom. The number of aryl methyl sites for hydroxylation is 1. The minimum atomic E-state index is 0.784. The normalized spacial score (nSPS) is 21.9. The van der Waals surface area contributed by atoms with Gasteiger partial charge in [-0.05, 0) is 43.7 Å². The Kier molecular flexibility index (Phi) is 3.32. The average Bonchev–Trinajstić information content (AvgIpc) is 2.47. The van der Waals surface area contributed by atoms with E-state index in [1.165, 1.54) is 19.3 Å². The second-order valence-electron chi connectivity index (χ2n) is 4.92. The number of anilines is 2. The topological polar surface area (TPSA) is 42.2 Å². The van der Waals surface area contributed by atoms with Crippen LogP contribution in [0.5, 0.6) is 0 Å². The van der Waals surface area contributed by atoms with Crippen LogP contribution >= 0.6 is 0 Å². The van der Waals surface area contributed by atoms with Crippen LogP contribution in [0.3, 0.4) is 0 Å². The maximum Gasteiger partial charge on any atom is 0.128 e. The van der Waals surface area contributed by atoms with Crippen LogP contribution in [0, 0.1) is 12.8 Å². The van der Waals surface area contributed by atoms with Gasteiger partial charge in [0.2, 0.25) is 0 Å². The van der Waals surface area contributed by atoms with E-state index in [1.54, 1.807) is 6.20 Å². The quantitative estimate of drug-likeness (QED) is 0.789. The van der Waals surface area contributed by atoms with Crippen LogP contribution < -0.4 is 10.6 Å². The lowest BCUT2D eigenvalue weighted by atomic mass is 10.0. The van der Waals surface area contributed by atoms with E-state index in [0.29, 0.717) is 0 Å². The molecule has 0 radical (unpaired) electrons. The van der Waals surface area contributed by atoms with Gasteiger partial charge in [-0.3, -0.25) is 0 Å². The zero-order valence-electron chi connectivity index (χ0n) is 10.2. The fraction of sp³-hybridized carbons (Fsp3) is 0.615. The summed E-state index contributed by atoms with van der Waals surface area (Å²) in [7, 11) is 0. The second-order valence-corrected chi connectivity index (χ2v) is 4.92. The Morgan fingerprint density at radius 3 is 2.94 bits per heavy atom. The highest BCUT2D eigenvalue weighted by atomic mass is 15.2. The Balaban J connectivity index is 2.13. The largest absolute Gasteiger partial charge is 0.397 e. The van der Waals surface area contributed by atoms with Gasteiger partial charge in [0.25, 0.3) is 0 Å². The SMILES string of the molecule is Cc1cc(N2CCCC(C)CC2)ncc1N. The van der Waals surface area contributed by atoms with Crippen molar-refractivity contribution < 1.29 is 0 Å². The van der Waals surface area contributed by atoms with Crippen molar-refractivity contribution in [2.45, 2.75) is 33.1 Å². The number of hydrogen-bond acceptors (Lipinski definition) is 3. The van der Waals surface area contributed by atoms with Gasteiger partial charge in [0.05, 0.1) is 11.9 Å². The summed E-state index contributed by atoms with van der Waals surface area (Å²) in [5, 5.41) is 0. The summed E-state index contributed by atoms with van der Waals surface area (Å²) in [4.78, 5) is 6.82. The van der Waals surface area contributed by atoms with Crippen LogP contribution in [0.1, 0.15) is 31.7 Å². The molecule has 88 valence electrons. The second kappa shape index (κ2) is 4.73. The lowest BCUT2D eigenvalue weighted by molar-refractivity contribution is 0.521. The smallest absolute Gasteiger partial charge is 0.128 e. The summed E-state index contributed by atoms with van der Waals surface area (Å²) < 4.78 is 0. The molecule has 1 aliphatic rings. The number of hydrogen-bond donors (Lipinski definition) is 1. The molecule has 0 aliphatic carbocycles. The van der Waals surface area contributed by atoms with Gasteiger partial charge in [0.15, 0.2) is 0 Å². The molecular weight excluding hydrogens is 198 g/mol. The van der Waals surface area contributed by atoms with Crippen LogP contribution in [0.25, 0.3) is 0 Å². The van der Waals surface area contributed by atoms with E-state index >= 15 is 0 Å². The standard InChI is InChI=1S/C13H21N3/c1-10-4-3-6-16(7-5-10)13-8-11(2)12(14)9-15-13/h8-10H,3-7,14H2,1-2H3. The summed E-state index contributed by atoms with van der Waals surface area (Å²) >= 11 is 0. The van der Waals surface area contributed by atoms with Gasteiger partial charge in [-0.1, -0.05) is 6.92 Å². The average molecular weight is 219 g/mol. The minimum Gasteiger partial charge on any atom is -0.397 e. The molecule has 2 rings (SSSR count). The van der Waals surface area contributed by atoms with E-state index in [4.69, 9.17) is 5.73 Å². The fourth-order valence-electron chi connectivity index (χ4n) is 2.22. The monoisotopic (exact) mass is 219 g/mol. The van der Waals surface area contributed by atoms with Crippen molar-refractivity contribution >= 4 is 11.5 Å². The predicted molar refractivity (Wildman–Crippen MR) is 68.6 cm³/mol. The first-order chi connectivity index (χ1) is 7.66. The third-order valence-electron chi connectivity index (χ3n) is 3.48. The van der Waals surface area contributed by atoms with E-state index in [9.17, 15) is 0 Å². The highest BCUT2D eigenvalue weighted by molar-refractivity contribution is 5.52. The molecule has 0 bridgehead atoms. The van der Waals surface area contributed by atoms with Crippen molar-refractivity contribution in [3.63, 3.8) is 0 Å². The molecule has 3 heteroatoms. The first-order valence-corrected chi connectivity index (χ1v) is 6.14.